The van der Waals surface area contributed by atoms with Gasteiger partial charge in [0.1, 0.15) is 11.9 Å². The minimum atomic E-state index is -4.10. The molecule has 1 N–H and O–H groups in total. The van der Waals surface area contributed by atoms with Gasteiger partial charge in [0.25, 0.3) is 0 Å². The maximum Gasteiger partial charge on any atom is 0.244 e. The number of nitrogens with zero attached hydrogens (tertiary/aromatic N) is 2. The highest BCUT2D eigenvalue weighted by atomic mass is 32.2. The Labute approximate surface area is 197 Å². The molecule has 3 aromatic carbocycles. The molecule has 0 bridgehead atoms. The maximum absolute atomic E-state index is 13.4. The molecule has 1 atom stereocenters. The summed E-state index contributed by atoms with van der Waals surface area (Å²) in [6.45, 7) is -0.718. The maximum atomic E-state index is 13.4. The third-order valence-electron chi connectivity index (χ3n) is 5.44. The molecule has 0 aliphatic carbocycles. The van der Waals surface area contributed by atoms with Crippen LogP contribution in [0.4, 0.5) is 10.1 Å². The van der Waals surface area contributed by atoms with Crippen molar-refractivity contribution in [2.45, 2.75) is 15.8 Å². The van der Waals surface area contributed by atoms with E-state index in [0.29, 0.717) is 0 Å². The second kappa shape index (κ2) is 9.63. The van der Waals surface area contributed by atoms with Crippen molar-refractivity contribution in [3.8, 4) is 0 Å². The van der Waals surface area contributed by atoms with Gasteiger partial charge in [-0.1, -0.05) is 36.4 Å². The molecule has 178 valence electrons. The van der Waals surface area contributed by atoms with E-state index < -0.39 is 37.8 Å². The average Bonchev–Trinajstić information content (AvgIpc) is 2.86. The van der Waals surface area contributed by atoms with Crippen molar-refractivity contribution < 1.29 is 26.0 Å². The first-order valence-electron chi connectivity index (χ1n) is 10.4. The number of anilines is 1. The normalized spacial score (nSPS) is 17.9. The van der Waals surface area contributed by atoms with Gasteiger partial charge >= 0.3 is 0 Å². The van der Waals surface area contributed by atoms with E-state index in [0.717, 1.165) is 20.7 Å². The first kappa shape index (κ1) is 24.0. The van der Waals surface area contributed by atoms with Crippen LogP contribution in [-0.4, -0.2) is 57.0 Å². The molecule has 1 saturated heterocycles. The van der Waals surface area contributed by atoms with Crippen LogP contribution < -0.4 is 5.32 Å². The van der Waals surface area contributed by atoms with Crippen LogP contribution in [-0.2, 0) is 24.8 Å². The van der Waals surface area contributed by atoms with E-state index in [4.69, 9.17) is 0 Å². The summed E-state index contributed by atoms with van der Waals surface area (Å²) >= 11 is 0. The highest BCUT2D eigenvalue weighted by Gasteiger charge is 2.43. The number of hydrogen-bond acceptors (Lipinski definition) is 5. The van der Waals surface area contributed by atoms with Gasteiger partial charge in [0.15, 0.2) is 0 Å². The summed E-state index contributed by atoms with van der Waals surface area (Å²) in [6, 6.07) is 19.0. The van der Waals surface area contributed by atoms with Crippen LogP contribution in [0, 0.1) is 5.82 Å². The van der Waals surface area contributed by atoms with Gasteiger partial charge < -0.3 is 5.32 Å². The number of sulfonamides is 2. The molecule has 11 heteroatoms. The minimum Gasteiger partial charge on any atom is -0.325 e. The lowest BCUT2D eigenvalue weighted by Crippen LogP contribution is -2.60. The molecule has 34 heavy (non-hydrogen) atoms. The summed E-state index contributed by atoms with van der Waals surface area (Å²) in [4.78, 5) is 13.3. The van der Waals surface area contributed by atoms with Crippen LogP contribution in [0.25, 0.3) is 0 Å². The number of hydrogen-bond donors (Lipinski definition) is 1. The van der Waals surface area contributed by atoms with Crippen LogP contribution in [0.15, 0.2) is 94.7 Å². The smallest absolute Gasteiger partial charge is 0.244 e. The Hall–Kier alpha value is -3.12. The van der Waals surface area contributed by atoms with E-state index >= 15 is 0 Å². The highest BCUT2D eigenvalue weighted by Crippen LogP contribution is 2.26. The van der Waals surface area contributed by atoms with Crippen LogP contribution in [0.2, 0.25) is 0 Å². The molecule has 4 rings (SSSR count). The van der Waals surface area contributed by atoms with Crippen molar-refractivity contribution in [3.05, 3.63) is 90.7 Å². The Morgan fingerprint density at radius 1 is 0.765 bits per heavy atom. The third kappa shape index (κ3) is 4.87. The fourth-order valence-corrected chi connectivity index (χ4v) is 6.74. The zero-order chi connectivity index (χ0) is 24.3. The molecule has 1 aliphatic heterocycles. The Kier molecular flexibility index (Phi) is 6.80. The monoisotopic (exact) mass is 503 g/mol. The first-order valence-corrected chi connectivity index (χ1v) is 13.3. The molecule has 0 spiro atoms. The summed E-state index contributed by atoms with van der Waals surface area (Å²) in [5.41, 5.74) is 0.256. The summed E-state index contributed by atoms with van der Waals surface area (Å²) < 4.78 is 68.4. The second-order valence-corrected chi connectivity index (χ2v) is 11.4. The van der Waals surface area contributed by atoms with Gasteiger partial charge in [0.05, 0.1) is 9.79 Å². The van der Waals surface area contributed by atoms with Crippen LogP contribution in [0.1, 0.15) is 0 Å². The van der Waals surface area contributed by atoms with E-state index in [9.17, 15) is 26.0 Å². The van der Waals surface area contributed by atoms with Crippen LogP contribution in [0.3, 0.4) is 0 Å². The van der Waals surface area contributed by atoms with Gasteiger partial charge in [0, 0.05) is 25.3 Å². The largest absolute Gasteiger partial charge is 0.325 e. The van der Waals surface area contributed by atoms with Crippen molar-refractivity contribution >= 4 is 31.6 Å². The highest BCUT2D eigenvalue weighted by molar-refractivity contribution is 7.89. The van der Waals surface area contributed by atoms with Gasteiger partial charge in [-0.25, -0.2) is 21.2 Å². The Bertz CT molecular complexity index is 1370. The number of carbonyl (C=O) groups excluding carboxylic acids is 1. The number of amides is 1. The SMILES string of the molecule is O=C(Nc1ccc(F)cc1)[C@H]1CN(S(=O)(=O)c2ccccc2)CCN1S(=O)(=O)c1ccccc1. The van der Waals surface area contributed by atoms with E-state index in [1.165, 1.54) is 36.4 Å². The number of benzene rings is 3. The van der Waals surface area contributed by atoms with Gasteiger partial charge in [-0.05, 0) is 48.5 Å². The lowest BCUT2D eigenvalue weighted by atomic mass is 10.2. The van der Waals surface area contributed by atoms with E-state index in [2.05, 4.69) is 5.32 Å². The quantitative estimate of drug-likeness (QED) is 0.557. The number of halogens is 1. The zero-order valence-electron chi connectivity index (χ0n) is 17.9. The van der Waals surface area contributed by atoms with E-state index in [1.54, 1.807) is 36.4 Å². The lowest BCUT2D eigenvalue weighted by molar-refractivity contribution is -0.120. The molecule has 1 heterocycles. The molecular formula is C23H22FN3O5S2. The number of carbonyl (C=O) groups is 1. The average molecular weight is 504 g/mol. The van der Waals surface area contributed by atoms with Crippen LogP contribution >= 0.6 is 0 Å². The molecule has 8 nitrogen and oxygen atoms in total. The Morgan fingerprint density at radius 2 is 1.29 bits per heavy atom. The van der Waals surface area contributed by atoms with Gasteiger partial charge in [-0.3, -0.25) is 4.79 Å². The predicted molar refractivity (Wildman–Crippen MR) is 124 cm³/mol. The number of rotatable bonds is 6. The molecule has 0 saturated carbocycles. The summed E-state index contributed by atoms with van der Waals surface area (Å²) in [7, 11) is -8.06. The molecule has 1 fully saturated rings. The molecule has 1 amide bonds. The molecular weight excluding hydrogens is 481 g/mol. The van der Waals surface area contributed by atoms with Crippen molar-refractivity contribution in [2.75, 3.05) is 25.0 Å². The minimum absolute atomic E-state index is 0.00560. The third-order valence-corrected chi connectivity index (χ3v) is 9.24. The first-order chi connectivity index (χ1) is 16.2. The Morgan fingerprint density at radius 3 is 1.85 bits per heavy atom. The zero-order valence-corrected chi connectivity index (χ0v) is 19.5. The summed E-state index contributed by atoms with van der Waals surface area (Å²) in [6.07, 6.45) is 0. The van der Waals surface area contributed by atoms with Crippen molar-refractivity contribution in [3.63, 3.8) is 0 Å². The fourth-order valence-electron chi connectivity index (χ4n) is 3.69. The molecule has 0 radical (unpaired) electrons. The summed E-state index contributed by atoms with van der Waals surface area (Å²) in [5.74, 6) is -1.22. The van der Waals surface area contributed by atoms with Crippen molar-refractivity contribution in [2.24, 2.45) is 0 Å². The molecule has 3 aromatic rings. The van der Waals surface area contributed by atoms with Crippen LogP contribution in [0.5, 0.6) is 0 Å². The molecule has 1 aliphatic rings. The second-order valence-electron chi connectivity index (χ2n) is 7.62. The number of piperazine rings is 1. The lowest BCUT2D eigenvalue weighted by Gasteiger charge is -2.38. The van der Waals surface area contributed by atoms with Gasteiger partial charge in [0.2, 0.25) is 26.0 Å². The van der Waals surface area contributed by atoms with E-state index in [-0.39, 0.29) is 35.1 Å². The van der Waals surface area contributed by atoms with Gasteiger partial charge in [-0.2, -0.15) is 8.61 Å². The van der Waals surface area contributed by atoms with Crippen molar-refractivity contribution in [1.82, 2.24) is 8.61 Å². The summed E-state index contributed by atoms with van der Waals surface area (Å²) in [5, 5.41) is 2.57. The predicted octanol–water partition coefficient (Wildman–Crippen LogP) is 2.53. The van der Waals surface area contributed by atoms with E-state index in [1.807, 2.05) is 0 Å². The molecule has 0 unspecified atom stereocenters. The topological polar surface area (TPSA) is 104 Å². The fraction of sp³-hybridized carbons (Fsp3) is 0.174. The Balaban J connectivity index is 1.68. The molecule has 0 aromatic heterocycles. The van der Waals surface area contributed by atoms with Gasteiger partial charge in [-0.15, -0.1) is 0 Å². The number of nitrogens with one attached hydrogen (secondary N) is 1. The van der Waals surface area contributed by atoms with Crippen molar-refractivity contribution in [1.29, 1.82) is 0 Å². The standard InChI is InChI=1S/C23H22FN3O5S2/c24-18-11-13-19(14-12-18)25-23(28)22-17-26(33(29,30)20-7-3-1-4-8-20)15-16-27(22)34(31,32)21-9-5-2-6-10-21/h1-14,22H,15-17H2,(H,25,28)/t22-/m1/s1.